The Morgan fingerprint density at radius 2 is 1.03 bits per heavy atom. The Hall–Kier alpha value is -4.96. The third kappa shape index (κ3) is 3.56. The van der Waals surface area contributed by atoms with Crippen LogP contribution in [-0.4, -0.2) is 19.9 Å². The zero-order valence-electron chi connectivity index (χ0n) is 19.3. The number of benzene rings is 3. The number of aromatic nitrogens is 4. The van der Waals surface area contributed by atoms with Gasteiger partial charge in [0.2, 0.25) is 0 Å². The van der Waals surface area contributed by atoms with E-state index in [2.05, 4.69) is 77.8 Å². The van der Waals surface area contributed by atoms with E-state index in [-0.39, 0.29) is 0 Å². The molecule has 0 N–H and O–H groups in total. The van der Waals surface area contributed by atoms with E-state index in [1.807, 2.05) is 42.5 Å². The van der Waals surface area contributed by atoms with Crippen LogP contribution >= 0.6 is 0 Å². The van der Waals surface area contributed by atoms with Crippen molar-refractivity contribution in [2.24, 2.45) is 0 Å². The van der Waals surface area contributed by atoms with Crippen LogP contribution in [0.5, 0.6) is 0 Å². The summed E-state index contributed by atoms with van der Waals surface area (Å²) < 4.78 is 0. The zero-order valence-corrected chi connectivity index (χ0v) is 19.3. The lowest BCUT2D eigenvalue weighted by molar-refractivity contribution is 1.28. The molecule has 0 radical (unpaired) electrons. The predicted molar refractivity (Wildman–Crippen MR) is 146 cm³/mol. The van der Waals surface area contributed by atoms with Gasteiger partial charge in [0, 0.05) is 33.5 Å². The van der Waals surface area contributed by atoms with Crippen molar-refractivity contribution >= 4 is 32.7 Å². The Morgan fingerprint density at radius 1 is 0.389 bits per heavy atom. The third-order valence-electron chi connectivity index (χ3n) is 6.50. The van der Waals surface area contributed by atoms with Gasteiger partial charge in [-0.3, -0.25) is 4.98 Å². The summed E-state index contributed by atoms with van der Waals surface area (Å²) in [5.74, 6) is 0. The average Bonchev–Trinajstić information content (AvgIpc) is 2.97. The van der Waals surface area contributed by atoms with E-state index in [9.17, 15) is 0 Å². The first-order chi connectivity index (χ1) is 17.8. The highest BCUT2D eigenvalue weighted by atomic mass is 14.8. The van der Waals surface area contributed by atoms with Crippen LogP contribution in [0, 0.1) is 0 Å². The summed E-state index contributed by atoms with van der Waals surface area (Å²) in [5, 5.41) is 3.22. The number of hydrogen-bond acceptors (Lipinski definition) is 4. The van der Waals surface area contributed by atoms with Gasteiger partial charge >= 0.3 is 0 Å². The first kappa shape index (κ1) is 20.4. The Morgan fingerprint density at radius 3 is 1.75 bits per heavy atom. The van der Waals surface area contributed by atoms with Crippen molar-refractivity contribution in [2.45, 2.75) is 0 Å². The van der Waals surface area contributed by atoms with Crippen LogP contribution < -0.4 is 0 Å². The second-order valence-electron chi connectivity index (χ2n) is 8.79. The van der Waals surface area contributed by atoms with Crippen molar-refractivity contribution in [3.63, 3.8) is 0 Å². The van der Waals surface area contributed by atoms with E-state index in [0.717, 1.165) is 66.6 Å². The van der Waals surface area contributed by atoms with E-state index in [1.165, 1.54) is 0 Å². The summed E-state index contributed by atoms with van der Waals surface area (Å²) in [6.07, 6.45) is 1.79. The first-order valence-corrected chi connectivity index (χ1v) is 11.9. The van der Waals surface area contributed by atoms with Gasteiger partial charge in [0.25, 0.3) is 0 Å². The maximum atomic E-state index is 5.09. The molecule has 0 aliphatic carbocycles. The molecule has 0 aliphatic rings. The standard InChI is InChI=1S/C32H20N4/c1-2-6-21(7-3-1)26-15-11-22-9-10-23-12-16-28(36-32(23)31(22)35-26)25-13-17-27-24(20-25)14-18-30(34-27)29-8-4-5-19-33-29/h1-20H. The van der Waals surface area contributed by atoms with E-state index < -0.39 is 0 Å². The average molecular weight is 461 g/mol. The lowest BCUT2D eigenvalue weighted by atomic mass is 10.0. The zero-order chi connectivity index (χ0) is 23.9. The van der Waals surface area contributed by atoms with E-state index in [1.54, 1.807) is 6.20 Å². The van der Waals surface area contributed by atoms with Gasteiger partial charge in [0.05, 0.1) is 39.3 Å². The predicted octanol–water partition coefficient (Wildman–Crippen LogP) is 7.73. The van der Waals surface area contributed by atoms with Crippen molar-refractivity contribution in [2.75, 3.05) is 0 Å². The summed E-state index contributed by atoms with van der Waals surface area (Å²) in [6, 6.07) is 39.1. The maximum absolute atomic E-state index is 5.09. The van der Waals surface area contributed by atoms with Gasteiger partial charge in [-0.2, -0.15) is 0 Å². The molecule has 36 heavy (non-hydrogen) atoms. The minimum absolute atomic E-state index is 0.867. The number of rotatable bonds is 3. The van der Waals surface area contributed by atoms with Gasteiger partial charge in [-0.05, 0) is 42.5 Å². The van der Waals surface area contributed by atoms with Crippen molar-refractivity contribution in [3.05, 3.63) is 121 Å². The second-order valence-corrected chi connectivity index (χ2v) is 8.79. The molecular formula is C32H20N4. The second kappa shape index (κ2) is 8.36. The molecule has 4 heteroatoms. The van der Waals surface area contributed by atoms with E-state index in [0.29, 0.717) is 0 Å². The van der Waals surface area contributed by atoms with Gasteiger partial charge in [0.1, 0.15) is 0 Å². The Labute approximate surface area is 208 Å². The highest BCUT2D eigenvalue weighted by molar-refractivity contribution is 6.04. The fraction of sp³-hybridized carbons (Fsp3) is 0. The highest BCUT2D eigenvalue weighted by Gasteiger charge is 2.10. The normalized spacial score (nSPS) is 11.3. The molecule has 0 fully saturated rings. The quantitative estimate of drug-likeness (QED) is 0.253. The molecule has 0 saturated carbocycles. The Balaban J connectivity index is 1.34. The van der Waals surface area contributed by atoms with Crippen LogP contribution in [0.4, 0.5) is 0 Å². The molecular weight excluding hydrogens is 440 g/mol. The van der Waals surface area contributed by atoms with Gasteiger partial charge < -0.3 is 0 Å². The van der Waals surface area contributed by atoms with Crippen molar-refractivity contribution < 1.29 is 0 Å². The lowest BCUT2D eigenvalue weighted by Crippen LogP contribution is -1.91. The maximum Gasteiger partial charge on any atom is 0.0972 e. The van der Waals surface area contributed by atoms with E-state index in [4.69, 9.17) is 15.0 Å². The van der Waals surface area contributed by atoms with Crippen LogP contribution in [0.15, 0.2) is 121 Å². The van der Waals surface area contributed by atoms with Crippen molar-refractivity contribution in [1.29, 1.82) is 0 Å². The summed E-state index contributed by atoms with van der Waals surface area (Å²) >= 11 is 0. The molecule has 3 aromatic carbocycles. The fourth-order valence-electron chi connectivity index (χ4n) is 4.64. The molecule has 7 aromatic rings. The fourth-order valence-corrected chi connectivity index (χ4v) is 4.64. The SMILES string of the molecule is c1ccc(-c2ccc3ccc4ccc(-c5ccc6nc(-c7ccccn7)ccc6c5)nc4c3n2)cc1. The Bertz CT molecular complexity index is 1880. The van der Waals surface area contributed by atoms with Crippen LogP contribution in [0.3, 0.4) is 0 Å². The van der Waals surface area contributed by atoms with Crippen LogP contribution in [0.1, 0.15) is 0 Å². The molecule has 0 atom stereocenters. The number of hydrogen-bond donors (Lipinski definition) is 0. The summed E-state index contributed by atoms with van der Waals surface area (Å²) in [4.78, 5) is 19.3. The highest BCUT2D eigenvalue weighted by Crippen LogP contribution is 2.30. The molecule has 4 nitrogen and oxygen atoms in total. The van der Waals surface area contributed by atoms with Crippen LogP contribution in [0.25, 0.3) is 66.6 Å². The largest absolute Gasteiger partial charge is 0.255 e. The molecule has 0 saturated heterocycles. The molecule has 168 valence electrons. The number of nitrogens with zero attached hydrogens (tertiary/aromatic N) is 4. The topological polar surface area (TPSA) is 51.6 Å². The van der Waals surface area contributed by atoms with Gasteiger partial charge in [-0.25, -0.2) is 15.0 Å². The first-order valence-electron chi connectivity index (χ1n) is 11.9. The van der Waals surface area contributed by atoms with Gasteiger partial charge in [-0.1, -0.05) is 72.8 Å². The molecule has 0 unspecified atom stereocenters. The monoisotopic (exact) mass is 460 g/mol. The molecule has 4 aromatic heterocycles. The number of fused-ring (bicyclic) bond motifs is 4. The lowest BCUT2D eigenvalue weighted by Gasteiger charge is -2.09. The molecule has 0 spiro atoms. The molecule has 0 aliphatic heterocycles. The third-order valence-corrected chi connectivity index (χ3v) is 6.50. The van der Waals surface area contributed by atoms with Crippen molar-refractivity contribution in [3.8, 4) is 33.9 Å². The molecule has 4 heterocycles. The smallest absolute Gasteiger partial charge is 0.0972 e. The van der Waals surface area contributed by atoms with Crippen LogP contribution in [-0.2, 0) is 0 Å². The minimum atomic E-state index is 0.867. The van der Waals surface area contributed by atoms with Crippen molar-refractivity contribution in [1.82, 2.24) is 19.9 Å². The van der Waals surface area contributed by atoms with Gasteiger partial charge in [-0.15, -0.1) is 0 Å². The van der Waals surface area contributed by atoms with E-state index >= 15 is 0 Å². The molecule has 0 bridgehead atoms. The summed E-state index contributed by atoms with van der Waals surface area (Å²) in [7, 11) is 0. The van der Waals surface area contributed by atoms with Gasteiger partial charge in [0.15, 0.2) is 0 Å². The summed E-state index contributed by atoms with van der Waals surface area (Å²) in [6.45, 7) is 0. The molecule has 7 rings (SSSR count). The Kier molecular flexibility index (Phi) is 4.74. The molecule has 0 amide bonds. The number of pyridine rings is 4. The van der Waals surface area contributed by atoms with Crippen LogP contribution in [0.2, 0.25) is 0 Å². The summed E-state index contributed by atoms with van der Waals surface area (Å²) in [5.41, 5.74) is 8.50. The minimum Gasteiger partial charge on any atom is -0.255 e.